The summed E-state index contributed by atoms with van der Waals surface area (Å²) in [5.74, 6) is 0.766. The lowest BCUT2D eigenvalue weighted by molar-refractivity contribution is -0.890. The molecule has 138 valence electrons. The van der Waals surface area contributed by atoms with Gasteiger partial charge >= 0.3 is 0 Å². The Morgan fingerprint density at radius 2 is 1.73 bits per heavy atom. The fourth-order valence-corrected chi connectivity index (χ4v) is 4.60. The number of benzene rings is 2. The highest BCUT2D eigenvalue weighted by molar-refractivity contribution is 7.99. The van der Waals surface area contributed by atoms with Crippen LogP contribution in [-0.4, -0.2) is 31.7 Å². The van der Waals surface area contributed by atoms with Crippen LogP contribution in [0.15, 0.2) is 58.3 Å². The minimum absolute atomic E-state index is 0.766. The highest BCUT2D eigenvalue weighted by Gasteiger charge is 2.21. The topological polar surface area (TPSA) is 0 Å². The zero-order valence-corrected chi connectivity index (χ0v) is 17.8. The highest BCUT2D eigenvalue weighted by atomic mass is 35.5. The van der Waals surface area contributed by atoms with Crippen LogP contribution in [0.25, 0.3) is 5.57 Å². The number of fused-ring (bicyclic) bond motifs is 2. The molecule has 26 heavy (non-hydrogen) atoms. The van der Waals surface area contributed by atoms with Crippen molar-refractivity contribution >= 4 is 28.9 Å². The zero-order chi connectivity index (χ0) is 18.7. The average Bonchev–Trinajstić information content (AvgIpc) is 2.60. The summed E-state index contributed by atoms with van der Waals surface area (Å²) in [4.78, 5) is 2.63. The Kier molecular flexibility index (Phi) is 6.17. The van der Waals surface area contributed by atoms with Crippen molar-refractivity contribution in [2.75, 3.05) is 27.2 Å². The maximum atomic E-state index is 6.31. The van der Waals surface area contributed by atoms with Crippen LogP contribution >= 0.6 is 23.4 Å². The van der Waals surface area contributed by atoms with Crippen LogP contribution in [0.1, 0.15) is 37.8 Å². The van der Waals surface area contributed by atoms with Crippen molar-refractivity contribution in [1.29, 1.82) is 0 Å². The van der Waals surface area contributed by atoms with E-state index < -0.39 is 0 Å². The fraction of sp³-hybridized carbons (Fsp3) is 0.391. The molecule has 1 aliphatic heterocycles. The molecule has 1 nitrogen and oxygen atoms in total. The van der Waals surface area contributed by atoms with E-state index in [2.05, 4.69) is 70.4 Å². The van der Waals surface area contributed by atoms with E-state index in [-0.39, 0.29) is 0 Å². The van der Waals surface area contributed by atoms with Gasteiger partial charge in [0.25, 0.3) is 0 Å². The van der Waals surface area contributed by atoms with E-state index in [1.165, 1.54) is 39.5 Å². The van der Waals surface area contributed by atoms with Gasteiger partial charge in [-0.3, -0.25) is 0 Å². The quantitative estimate of drug-likeness (QED) is 0.422. The van der Waals surface area contributed by atoms with E-state index in [0.29, 0.717) is 0 Å². The molecular formula is C23H29ClNS+. The molecule has 3 heteroatoms. The zero-order valence-electron chi connectivity index (χ0n) is 16.3. The van der Waals surface area contributed by atoms with E-state index >= 15 is 0 Å². The number of halogens is 1. The number of hydrogen-bond donors (Lipinski definition) is 0. The van der Waals surface area contributed by atoms with Gasteiger partial charge < -0.3 is 4.48 Å². The van der Waals surface area contributed by atoms with Crippen LogP contribution in [0.5, 0.6) is 0 Å². The van der Waals surface area contributed by atoms with Crippen LogP contribution in [0, 0.1) is 5.92 Å². The summed E-state index contributed by atoms with van der Waals surface area (Å²) in [5.41, 5.74) is 3.94. The Labute approximate surface area is 167 Å². The molecule has 1 heterocycles. The van der Waals surface area contributed by atoms with Gasteiger partial charge in [0.15, 0.2) is 0 Å². The van der Waals surface area contributed by atoms with Crippen molar-refractivity contribution in [1.82, 2.24) is 0 Å². The van der Waals surface area contributed by atoms with Gasteiger partial charge in [-0.15, -0.1) is 0 Å². The average molecular weight is 387 g/mol. The molecule has 1 aliphatic rings. The summed E-state index contributed by atoms with van der Waals surface area (Å²) in [6.07, 6.45) is 4.77. The molecule has 0 amide bonds. The van der Waals surface area contributed by atoms with Gasteiger partial charge in [-0.25, -0.2) is 0 Å². The highest BCUT2D eigenvalue weighted by Crippen LogP contribution is 2.46. The molecule has 0 spiro atoms. The molecule has 0 bridgehead atoms. The van der Waals surface area contributed by atoms with Crippen molar-refractivity contribution in [3.05, 3.63) is 64.7 Å². The Hall–Kier alpha value is -1.22. The SMILES string of the molecule is CC(C)CC[N+](C)(C)CC/C=C1/c2ccccc2Sc2ccc(Cl)cc21. The van der Waals surface area contributed by atoms with Gasteiger partial charge in [-0.05, 0) is 53.3 Å². The second-order valence-corrected chi connectivity index (χ2v) is 9.73. The molecule has 0 aliphatic carbocycles. The van der Waals surface area contributed by atoms with Crippen molar-refractivity contribution < 1.29 is 4.48 Å². The van der Waals surface area contributed by atoms with Crippen LogP contribution in [-0.2, 0) is 0 Å². The Bertz CT molecular complexity index is 808. The molecule has 0 saturated heterocycles. The second-order valence-electron chi connectivity index (χ2n) is 8.21. The molecule has 0 saturated carbocycles. The molecule has 0 atom stereocenters. The van der Waals surface area contributed by atoms with Gasteiger partial charge in [-0.2, -0.15) is 0 Å². The summed E-state index contributed by atoms with van der Waals surface area (Å²) in [6.45, 7) is 7.00. The number of quaternary nitrogens is 1. The predicted molar refractivity (Wildman–Crippen MR) is 115 cm³/mol. The lowest BCUT2D eigenvalue weighted by Crippen LogP contribution is -2.41. The second kappa shape index (κ2) is 8.21. The molecule has 0 aromatic heterocycles. The Morgan fingerprint density at radius 1 is 1.00 bits per heavy atom. The number of rotatable bonds is 6. The van der Waals surface area contributed by atoms with Crippen LogP contribution < -0.4 is 0 Å². The summed E-state index contributed by atoms with van der Waals surface area (Å²) < 4.78 is 1.07. The lowest BCUT2D eigenvalue weighted by Gasteiger charge is -2.30. The van der Waals surface area contributed by atoms with Crippen molar-refractivity contribution in [2.45, 2.75) is 36.5 Å². The molecule has 2 aromatic carbocycles. The van der Waals surface area contributed by atoms with Gasteiger partial charge in [0.2, 0.25) is 0 Å². The molecule has 2 aromatic rings. The standard InChI is InChI=1S/C23H29ClNS/c1-17(2)13-15-25(3,4)14-7-9-19-20-8-5-6-10-22(20)26-23-12-11-18(24)16-21(19)23/h5-6,8-12,16-17H,7,13-15H2,1-4H3/q+1/b19-9-. The number of nitrogens with zero attached hydrogens (tertiary/aromatic N) is 1. The van der Waals surface area contributed by atoms with Crippen LogP contribution in [0.4, 0.5) is 0 Å². The van der Waals surface area contributed by atoms with Crippen molar-refractivity contribution in [3.8, 4) is 0 Å². The molecule has 0 N–H and O–H groups in total. The van der Waals surface area contributed by atoms with Gasteiger partial charge in [-0.1, -0.05) is 61.5 Å². The lowest BCUT2D eigenvalue weighted by atomic mass is 9.96. The predicted octanol–water partition coefficient (Wildman–Crippen LogP) is 6.75. The van der Waals surface area contributed by atoms with E-state index in [4.69, 9.17) is 11.6 Å². The smallest absolute Gasteiger partial charge is 0.0817 e. The summed E-state index contributed by atoms with van der Waals surface area (Å²) in [5, 5.41) is 0.808. The van der Waals surface area contributed by atoms with E-state index in [1.54, 1.807) is 0 Å². The maximum Gasteiger partial charge on any atom is 0.0817 e. The van der Waals surface area contributed by atoms with E-state index in [0.717, 1.165) is 28.4 Å². The first kappa shape index (κ1) is 19.5. The Balaban J connectivity index is 1.85. The monoisotopic (exact) mass is 386 g/mol. The van der Waals surface area contributed by atoms with Crippen LogP contribution in [0.2, 0.25) is 5.02 Å². The third kappa shape index (κ3) is 4.73. The summed E-state index contributed by atoms with van der Waals surface area (Å²) >= 11 is 8.15. The first-order valence-electron chi connectivity index (χ1n) is 9.45. The Morgan fingerprint density at radius 3 is 2.50 bits per heavy atom. The van der Waals surface area contributed by atoms with Gasteiger partial charge in [0.1, 0.15) is 0 Å². The largest absolute Gasteiger partial charge is 0.328 e. The summed E-state index contributed by atoms with van der Waals surface area (Å²) in [7, 11) is 4.69. The third-order valence-electron chi connectivity index (χ3n) is 5.02. The molecule has 0 radical (unpaired) electrons. The van der Waals surface area contributed by atoms with Gasteiger partial charge in [0, 0.05) is 21.2 Å². The first-order chi connectivity index (χ1) is 12.4. The van der Waals surface area contributed by atoms with Crippen molar-refractivity contribution in [2.24, 2.45) is 5.92 Å². The minimum Gasteiger partial charge on any atom is -0.328 e. The number of hydrogen-bond acceptors (Lipinski definition) is 1. The fourth-order valence-electron chi connectivity index (χ4n) is 3.34. The third-order valence-corrected chi connectivity index (χ3v) is 6.41. The molecule has 3 rings (SSSR count). The molecular weight excluding hydrogens is 358 g/mol. The van der Waals surface area contributed by atoms with E-state index in [1.807, 2.05) is 17.8 Å². The van der Waals surface area contributed by atoms with Gasteiger partial charge in [0.05, 0.1) is 27.2 Å². The molecule has 0 fully saturated rings. The van der Waals surface area contributed by atoms with E-state index in [9.17, 15) is 0 Å². The first-order valence-corrected chi connectivity index (χ1v) is 10.6. The summed E-state index contributed by atoms with van der Waals surface area (Å²) in [6, 6.07) is 15.0. The maximum absolute atomic E-state index is 6.31. The van der Waals surface area contributed by atoms with Crippen LogP contribution in [0.3, 0.4) is 0 Å². The minimum atomic E-state index is 0.766. The normalized spacial score (nSPS) is 15.2. The van der Waals surface area contributed by atoms with Crippen molar-refractivity contribution in [3.63, 3.8) is 0 Å². The molecule has 0 unspecified atom stereocenters.